The highest BCUT2D eigenvalue weighted by Crippen LogP contribution is 2.09. The third-order valence-corrected chi connectivity index (χ3v) is 3.66. The summed E-state index contributed by atoms with van der Waals surface area (Å²) in [7, 11) is 0. The van der Waals surface area contributed by atoms with Gasteiger partial charge in [-0.1, -0.05) is 30.3 Å². The highest BCUT2D eigenvalue weighted by molar-refractivity contribution is 5.86. The third kappa shape index (κ3) is 4.46. The van der Waals surface area contributed by atoms with Gasteiger partial charge >= 0.3 is 6.03 Å². The van der Waals surface area contributed by atoms with Crippen molar-refractivity contribution in [3.8, 4) is 0 Å². The van der Waals surface area contributed by atoms with Gasteiger partial charge in [0.15, 0.2) is 0 Å². The minimum absolute atomic E-state index is 0.0758. The lowest BCUT2D eigenvalue weighted by Crippen LogP contribution is -2.54. The van der Waals surface area contributed by atoms with Gasteiger partial charge in [-0.15, -0.1) is 0 Å². The predicted octanol–water partition coefficient (Wildman–Crippen LogP) is 0.388. The van der Waals surface area contributed by atoms with E-state index in [-0.39, 0.29) is 5.91 Å². The maximum atomic E-state index is 12.1. The van der Waals surface area contributed by atoms with Crippen molar-refractivity contribution in [3.63, 3.8) is 0 Å². The van der Waals surface area contributed by atoms with Crippen molar-refractivity contribution in [2.24, 2.45) is 5.73 Å². The second-order valence-corrected chi connectivity index (χ2v) is 5.32. The molecule has 1 atom stereocenters. The van der Waals surface area contributed by atoms with Crippen LogP contribution in [0.1, 0.15) is 12.5 Å². The fourth-order valence-electron chi connectivity index (χ4n) is 2.52. The summed E-state index contributed by atoms with van der Waals surface area (Å²) in [4.78, 5) is 27.0. The molecule has 1 aromatic carbocycles. The number of carbonyl (C=O) groups is 2. The van der Waals surface area contributed by atoms with E-state index in [9.17, 15) is 9.59 Å². The van der Waals surface area contributed by atoms with Gasteiger partial charge in [-0.3, -0.25) is 9.69 Å². The number of carbonyl (C=O) groups excluding carboxylic acids is 2. The van der Waals surface area contributed by atoms with Crippen molar-refractivity contribution in [1.82, 2.24) is 15.1 Å². The molecule has 6 nitrogen and oxygen atoms in total. The Morgan fingerprint density at radius 2 is 1.81 bits per heavy atom. The summed E-state index contributed by atoms with van der Waals surface area (Å²) >= 11 is 0. The number of nitrogens with two attached hydrogens (primary N) is 1. The van der Waals surface area contributed by atoms with Gasteiger partial charge in [0.2, 0.25) is 5.91 Å². The Labute approximate surface area is 124 Å². The Kier molecular flexibility index (Phi) is 5.16. The predicted molar refractivity (Wildman–Crippen MR) is 80.5 cm³/mol. The van der Waals surface area contributed by atoms with Gasteiger partial charge in [-0.2, -0.15) is 0 Å². The molecule has 0 aliphatic carbocycles. The first-order valence-electron chi connectivity index (χ1n) is 7.17. The van der Waals surface area contributed by atoms with E-state index in [4.69, 9.17) is 5.73 Å². The first-order chi connectivity index (χ1) is 10.1. The first kappa shape index (κ1) is 15.3. The number of piperazine rings is 1. The van der Waals surface area contributed by atoms with Crippen LogP contribution in [-0.4, -0.2) is 54.0 Å². The quantitative estimate of drug-likeness (QED) is 0.842. The molecule has 0 bridgehead atoms. The molecular formula is C15H22N4O2. The smallest absolute Gasteiger partial charge is 0.312 e. The van der Waals surface area contributed by atoms with Crippen LogP contribution < -0.4 is 11.1 Å². The molecule has 1 saturated heterocycles. The van der Waals surface area contributed by atoms with Crippen LogP contribution in [0.15, 0.2) is 30.3 Å². The summed E-state index contributed by atoms with van der Waals surface area (Å²) in [6.07, 6.45) is 0. The van der Waals surface area contributed by atoms with Crippen LogP contribution in [0.4, 0.5) is 4.79 Å². The molecule has 1 heterocycles. The van der Waals surface area contributed by atoms with Crippen LogP contribution in [-0.2, 0) is 11.3 Å². The number of hydrogen-bond donors (Lipinski definition) is 2. The standard InChI is InChI=1S/C15H22N4O2/c1-12(17-15(16)21)14(20)19-9-7-18(8-10-19)11-13-5-3-2-4-6-13/h2-6,12H,7-11H2,1H3,(H3,16,17,21). The van der Waals surface area contributed by atoms with Crippen LogP contribution in [0.2, 0.25) is 0 Å². The van der Waals surface area contributed by atoms with Gasteiger partial charge in [0, 0.05) is 32.7 Å². The Bertz CT molecular complexity index is 484. The van der Waals surface area contributed by atoms with Gasteiger partial charge in [0.1, 0.15) is 6.04 Å². The highest BCUT2D eigenvalue weighted by Gasteiger charge is 2.25. The lowest BCUT2D eigenvalue weighted by Gasteiger charge is -2.36. The van der Waals surface area contributed by atoms with E-state index in [0.29, 0.717) is 13.1 Å². The molecular weight excluding hydrogens is 268 g/mol. The summed E-state index contributed by atoms with van der Waals surface area (Å²) in [5.74, 6) is -0.0758. The maximum Gasteiger partial charge on any atom is 0.312 e. The molecule has 3 N–H and O–H groups in total. The second kappa shape index (κ2) is 7.08. The third-order valence-electron chi connectivity index (χ3n) is 3.66. The molecule has 3 amide bonds. The maximum absolute atomic E-state index is 12.1. The minimum Gasteiger partial charge on any atom is -0.352 e. The van der Waals surface area contributed by atoms with E-state index in [0.717, 1.165) is 19.6 Å². The zero-order valence-electron chi connectivity index (χ0n) is 12.3. The Morgan fingerprint density at radius 1 is 1.19 bits per heavy atom. The summed E-state index contributed by atoms with van der Waals surface area (Å²) in [6.45, 7) is 5.59. The molecule has 1 aliphatic heterocycles. The summed E-state index contributed by atoms with van der Waals surface area (Å²) in [5, 5.41) is 2.42. The lowest BCUT2D eigenvalue weighted by atomic mass is 10.2. The summed E-state index contributed by atoms with van der Waals surface area (Å²) in [5.41, 5.74) is 6.32. The van der Waals surface area contributed by atoms with Crippen molar-refractivity contribution >= 4 is 11.9 Å². The molecule has 1 aromatic rings. The number of primary amides is 1. The number of nitrogens with one attached hydrogen (secondary N) is 1. The molecule has 1 fully saturated rings. The van der Waals surface area contributed by atoms with Crippen molar-refractivity contribution in [2.45, 2.75) is 19.5 Å². The van der Waals surface area contributed by atoms with Crippen molar-refractivity contribution in [2.75, 3.05) is 26.2 Å². The van der Waals surface area contributed by atoms with Crippen LogP contribution in [0.25, 0.3) is 0 Å². The normalized spacial score (nSPS) is 17.3. The minimum atomic E-state index is -0.668. The number of rotatable bonds is 4. The monoisotopic (exact) mass is 290 g/mol. The van der Waals surface area contributed by atoms with E-state index in [1.165, 1.54) is 5.56 Å². The second-order valence-electron chi connectivity index (χ2n) is 5.32. The highest BCUT2D eigenvalue weighted by atomic mass is 16.2. The Hall–Kier alpha value is -2.08. The Balaban J connectivity index is 1.80. The fourth-order valence-corrected chi connectivity index (χ4v) is 2.52. The van der Waals surface area contributed by atoms with E-state index >= 15 is 0 Å². The average Bonchev–Trinajstić information content (AvgIpc) is 2.47. The van der Waals surface area contributed by atoms with E-state index in [2.05, 4.69) is 22.3 Å². The molecule has 1 aliphatic rings. The fraction of sp³-hybridized carbons (Fsp3) is 0.467. The molecule has 0 spiro atoms. The molecule has 0 radical (unpaired) electrons. The van der Waals surface area contributed by atoms with Crippen molar-refractivity contribution < 1.29 is 9.59 Å². The SMILES string of the molecule is CC(NC(N)=O)C(=O)N1CCN(Cc2ccccc2)CC1. The van der Waals surface area contributed by atoms with Crippen molar-refractivity contribution in [1.29, 1.82) is 0 Å². The molecule has 21 heavy (non-hydrogen) atoms. The van der Waals surface area contributed by atoms with Gasteiger partial charge in [-0.05, 0) is 12.5 Å². The van der Waals surface area contributed by atoms with Gasteiger partial charge < -0.3 is 16.0 Å². The molecule has 0 aromatic heterocycles. The zero-order valence-corrected chi connectivity index (χ0v) is 12.3. The van der Waals surface area contributed by atoms with Crippen LogP contribution >= 0.6 is 0 Å². The number of amides is 3. The summed E-state index contributed by atoms with van der Waals surface area (Å²) in [6, 6.07) is 9.06. The number of hydrogen-bond acceptors (Lipinski definition) is 3. The largest absolute Gasteiger partial charge is 0.352 e. The first-order valence-corrected chi connectivity index (χ1v) is 7.17. The zero-order chi connectivity index (χ0) is 15.2. The van der Waals surface area contributed by atoms with Crippen molar-refractivity contribution in [3.05, 3.63) is 35.9 Å². The molecule has 1 unspecified atom stereocenters. The average molecular weight is 290 g/mol. The van der Waals surface area contributed by atoms with E-state index in [1.54, 1.807) is 11.8 Å². The van der Waals surface area contributed by atoms with Crippen LogP contribution in [0.5, 0.6) is 0 Å². The Morgan fingerprint density at radius 3 is 2.38 bits per heavy atom. The van der Waals surface area contributed by atoms with Crippen LogP contribution in [0.3, 0.4) is 0 Å². The molecule has 6 heteroatoms. The lowest BCUT2D eigenvalue weighted by molar-refractivity contribution is -0.134. The van der Waals surface area contributed by atoms with E-state index in [1.807, 2.05) is 18.2 Å². The van der Waals surface area contributed by atoms with E-state index < -0.39 is 12.1 Å². The summed E-state index contributed by atoms with van der Waals surface area (Å²) < 4.78 is 0. The van der Waals surface area contributed by atoms with Crippen LogP contribution in [0, 0.1) is 0 Å². The molecule has 2 rings (SSSR count). The molecule has 0 saturated carbocycles. The number of nitrogens with zero attached hydrogens (tertiary/aromatic N) is 2. The van der Waals surface area contributed by atoms with Gasteiger partial charge in [0.25, 0.3) is 0 Å². The van der Waals surface area contributed by atoms with Gasteiger partial charge in [0.05, 0.1) is 0 Å². The number of benzene rings is 1. The number of urea groups is 1. The molecule has 114 valence electrons. The topological polar surface area (TPSA) is 78.7 Å². The van der Waals surface area contributed by atoms with Gasteiger partial charge in [-0.25, -0.2) is 4.79 Å².